The molecule has 0 amide bonds. The van der Waals surface area contributed by atoms with Crippen LogP contribution in [0.1, 0.15) is 11.1 Å². The fourth-order valence-corrected chi connectivity index (χ4v) is 3.10. The number of rotatable bonds is 3. The maximum absolute atomic E-state index is 9.62. The number of pyridine rings is 1. The van der Waals surface area contributed by atoms with Gasteiger partial charge < -0.3 is 10.5 Å². The fraction of sp³-hybridized carbons (Fsp3) is 0.100. The van der Waals surface area contributed by atoms with Gasteiger partial charge in [0.2, 0.25) is 0 Å². The number of hydrogen-bond donors (Lipinski definition) is 1. The van der Waals surface area contributed by atoms with Crippen molar-refractivity contribution in [3.05, 3.63) is 64.7 Å². The van der Waals surface area contributed by atoms with Crippen LogP contribution in [-0.4, -0.2) is 12.1 Å². The van der Waals surface area contributed by atoms with Crippen molar-refractivity contribution in [1.29, 1.82) is 5.26 Å². The lowest BCUT2D eigenvalue weighted by atomic mass is 9.92. The average molecular weight is 350 g/mol. The molecule has 1 aromatic heterocycles. The van der Waals surface area contributed by atoms with Gasteiger partial charge in [0.1, 0.15) is 23.2 Å². The summed E-state index contributed by atoms with van der Waals surface area (Å²) in [6.45, 7) is 1.92. The van der Waals surface area contributed by atoms with E-state index in [1.165, 1.54) is 0 Å². The van der Waals surface area contributed by atoms with Gasteiger partial charge in [0.25, 0.3) is 0 Å². The second kappa shape index (κ2) is 6.84. The second-order valence-electron chi connectivity index (χ2n) is 5.54. The molecule has 0 fully saturated rings. The summed E-state index contributed by atoms with van der Waals surface area (Å²) in [4.78, 5) is 4.45. The number of hydrogen-bond acceptors (Lipinski definition) is 4. The van der Waals surface area contributed by atoms with E-state index in [0.717, 1.165) is 22.3 Å². The Bertz CT molecular complexity index is 993. The van der Waals surface area contributed by atoms with E-state index in [2.05, 4.69) is 11.1 Å². The SMILES string of the molecule is COc1ccccc1-c1c(C)c(-c2cccc(Cl)c2)nc(N)c1C#N. The quantitative estimate of drug-likeness (QED) is 0.734. The van der Waals surface area contributed by atoms with E-state index in [0.29, 0.717) is 22.0 Å². The van der Waals surface area contributed by atoms with E-state index >= 15 is 0 Å². The molecule has 25 heavy (non-hydrogen) atoms. The Labute approximate surface area is 151 Å². The van der Waals surface area contributed by atoms with Gasteiger partial charge in [0.05, 0.1) is 12.8 Å². The van der Waals surface area contributed by atoms with Crippen molar-refractivity contribution < 1.29 is 4.74 Å². The number of nitrogens with two attached hydrogens (primary N) is 1. The Morgan fingerprint density at radius 2 is 1.92 bits per heavy atom. The zero-order chi connectivity index (χ0) is 18.0. The maximum atomic E-state index is 9.62. The highest BCUT2D eigenvalue weighted by Gasteiger charge is 2.20. The van der Waals surface area contributed by atoms with Crippen LogP contribution >= 0.6 is 11.6 Å². The molecule has 0 saturated carbocycles. The molecule has 124 valence electrons. The van der Waals surface area contributed by atoms with Gasteiger partial charge in [-0.15, -0.1) is 0 Å². The number of nitrogen functional groups attached to an aromatic ring is 1. The summed E-state index contributed by atoms with van der Waals surface area (Å²) < 4.78 is 5.47. The highest BCUT2D eigenvalue weighted by Crippen LogP contribution is 2.39. The number of nitrogens with zero attached hydrogens (tertiary/aromatic N) is 2. The van der Waals surface area contributed by atoms with Crippen molar-refractivity contribution in [3.8, 4) is 34.2 Å². The van der Waals surface area contributed by atoms with E-state index in [1.807, 2.05) is 49.4 Å². The lowest BCUT2D eigenvalue weighted by molar-refractivity contribution is 0.416. The largest absolute Gasteiger partial charge is 0.496 e. The predicted octanol–water partition coefficient (Wildman–Crippen LogP) is 4.84. The smallest absolute Gasteiger partial charge is 0.142 e. The lowest BCUT2D eigenvalue weighted by Crippen LogP contribution is -2.04. The van der Waals surface area contributed by atoms with Gasteiger partial charge in [0, 0.05) is 21.7 Å². The van der Waals surface area contributed by atoms with E-state index in [9.17, 15) is 5.26 Å². The van der Waals surface area contributed by atoms with Gasteiger partial charge in [-0.05, 0) is 30.7 Å². The number of methoxy groups -OCH3 is 1. The zero-order valence-corrected chi connectivity index (χ0v) is 14.6. The number of halogens is 1. The molecule has 1 heterocycles. The number of ether oxygens (including phenoxy) is 1. The van der Waals surface area contributed by atoms with Gasteiger partial charge in [0.15, 0.2) is 0 Å². The van der Waals surface area contributed by atoms with E-state index in [4.69, 9.17) is 22.1 Å². The van der Waals surface area contributed by atoms with Crippen LogP contribution in [0.5, 0.6) is 5.75 Å². The van der Waals surface area contributed by atoms with Crippen LogP contribution in [0.25, 0.3) is 22.4 Å². The predicted molar refractivity (Wildman–Crippen MR) is 101 cm³/mol. The van der Waals surface area contributed by atoms with Crippen LogP contribution in [0.2, 0.25) is 5.02 Å². The molecule has 0 unspecified atom stereocenters. The number of aromatic nitrogens is 1. The monoisotopic (exact) mass is 349 g/mol. The van der Waals surface area contributed by atoms with Crippen molar-refractivity contribution in [2.75, 3.05) is 12.8 Å². The van der Waals surface area contributed by atoms with Crippen LogP contribution in [-0.2, 0) is 0 Å². The molecule has 5 heteroatoms. The summed E-state index contributed by atoms with van der Waals surface area (Å²) in [5.74, 6) is 0.855. The molecule has 3 rings (SSSR count). The number of para-hydroxylation sites is 1. The van der Waals surface area contributed by atoms with Gasteiger partial charge in [-0.2, -0.15) is 5.26 Å². The molecule has 0 spiro atoms. The molecule has 2 aromatic carbocycles. The number of anilines is 1. The van der Waals surface area contributed by atoms with Crippen molar-refractivity contribution in [2.45, 2.75) is 6.92 Å². The van der Waals surface area contributed by atoms with Crippen molar-refractivity contribution in [1.82, 2.24) is 4.98 Å². The first-order valence-corrected chi connectivity index (χ1v) is 8.04. The molecule has 2 N–H and O–H groups in total. The first kappa shape index (κ1) is 16.8. The minimum Gasteiger partial charge on any atom is -0.496 e. The minimum atomic E-state index is 0.184. The Morgan fingerprint density at radius 3 is 2.60 bits per heavy atom. The van der Waals surface area contributed by atoms with Gasteiger partial charge in [-0.3, -0.25) is 0 Å². The Hall–Kier alpha value is -3.03. The topological polar surface area (TPSA) is 71.9 Å². The van der Waals surface area contributed by atoms with E-state index in [-0.39, 0.29) is 5.82 Å². The van der Waals surface area contributed by atoms with Crippen LogP contribution in [0.4, 0.5) is 5.82 Å². The first-order chi connectivity index (χ1) is 12.1. The van der Waals surface area contributed by atoms with Crippen molar-refractivity contribution in [2.24, 2.45) is 0 Å². The third kappa shape index (κ3) is 3.02. The summed E-state index contributed by atoms with van der Waals surface area (Å²) >= 11 is 6.12. The Kier molecular flexibility index (Phi) is 4.60. The standard InChI is InChI=1S/C20H16ClN3O/c1-12-18(15-8-3-4-9-17(15)25-2)16(11-22)20(23)24-19(12)13-6-5-7-14(21)10-13/h3-10H,1-2H3,(H2,23,24). The normalized spacial score (nSPS) is 10.3. The third-order valence-corrected chi connectivity index (χ3v) is 4.29. The van der Waals surface area contributed by atoms with E-state index < -0.39 is 0 Å². The maximum Gasteiger partial charge on any atom is 0.142 e. The highest BCUT2D eigenvalue weighted by molar-refractivity contribution is 6.30. The van der Waals surface area contributed by atoms with Gasteiger partial charge in [-0.1, -0.05) is 41.9 Å². The summed E-state index contributed by atoms with van der Waals surface area (Å²) in [7, 11) is 1.60. The molecule has 0 atom stereocenters. The molecular weight excluding hydrogens is 334 g/mol. The van der Waals surface area contributed by atoms with E-state index in [1.54, 1.807) is 13.2 Å². The van der Waals surface area contributed by atoms with Crippen LogP contribution in [0.15, 0.2) is 48.5 Å². The first-order valence-electron chi connectivity index (χ1n) is 7.66. The Morgan fingerprint density at radius 1 is 1.16 bits per heavy atom. The second-order valence-corrected chi connectivity index (χ2v) is 5.98. The van der Waals surface area contributed by atoms with Crippen molar-refractivity contribution in [3.63, 3.8) is 0 Å². The van der Waals surface area contributed by atoms with Crippen LogP contribution < -0.4 is 10.5 Å². The number of benzene rings is 2. The summed E-state index contributed by atoms with van der Waals surface area (Å²) in [5.41, 5.74) is 10.3. The molecule has 0 bridgehead atoms. The average Bonchev–Trinajstić information content (AvgIpc) is 2.63. The molecule has 0 saturated heterocycles. The van der Waals surface area contributed by atoms with Gasteiger partial charge >= 0.3 is 0 Å². The van der Waals surface area contributed by atoms with Crippen molar-refractivity contribution >= 4 is 17.4 Å². The molecule has 0 aliphatic carbocycles. The molecular formula is C20H16ClN3O. The summed E-state index contributed by atoms with van der Waals surface area (Å²) in [6.07, 6.45) is 0. The third-order valence-electron chi connectivity index (χ3n) is 4.05. The molecule has 0 aliphatic heterocycles. The molecule has 4 nitrogen and oxygen atoms in total. The summed E-state index contributed by atoms with van der Waals surface area (Å²) in [5, 5.41) is 10.2. The highest BCUT2D eigenvalue weighted by atomic mass is 35.5. The van der Waals surface area contributed by atoms with Gasteiger partial charge in [-0.25, -0.2) is 4.98 Å². The number of nitriles is 1. The minimum absolute atomic E-state index is 0.184. The molecule has 0 aliphatic rings. The zero-order valence-electron chi connectivity index (χ0n) is 13.9. The molecule has 0 radical (unpaired) electrons. The lowest BCUT2D eigenvalue weighted by Gasteiger charge is -2.17. The van der Waals surface area contributed by atoms with Crippen LogP contribution in [0, 0.1) is 18.3 Å². The van der Waals surface area contributed by atoms with Crippen LogP contribution in [0.3, 0.4) is 0 Å². The summed E-state index contributed by atoms with van der Waals surface area (Å²) in [6, 6.07) is 17.1. The molecule has 3 aromatic rings. The Balaban J connectivity index is 2.37. The fourth-order valence-electron chi connectivity index (χ4n) is 2.91.